The molecule has 2 aromatic carbocycles. The lowest BCUT2D eigenvalue weighted by molar-refractivity contribution is -0.137. The van der Waals surface area contributed by atoms with E-state index in [0.29, 0.717) is 17.3 Å². The maximum atomic E-state index is 12.6. The maximum Gasteiger partial charge on any atom is 0.416 e. The van der Waals surface area contributed by atoms with Crippen molar-refractivity contribution in [2.24, 2.45) is 0 Å². The lowest BCUT2D eigenvalue weighted by atomic mass is 10.2. The molecule has 0 saturated carbocycles. The topological polar surface area (TPSA) is 76.1 Å². The van der Waals surface area contributed by atoms with Gasteiger partial charge in [0.1, 0.15) is 23.6 Å². The molecule has 1 aromatic heterocycles. The van der Waals surface area contributed by atoms with Crippen LogP contribution >= 0.6 is 0 Å². The number of carbonyl (C=O) groups is 1. The Morgan fingerprint density at radius 2 is 1.75 bits per heavy atom. The third-order valence-electron chi connectivity index (χ3n) is 3.74. The molecular formula is C19H15F3N4O2. The van der Waals surface area contributed by atoms with E-state index in [1.807, 2.05) is 12.1 Å². The summed E-state index contributed by atoms with van der Waals surface area (Å²) in [6, 6.07) is 12.7. The number of hydrogen-bond acceptors (Lipinski definition) is 5. The Kier molecular flexibility index (Phi) is 5.44. The predicted molar refractivity (Wildman–Crippen MR) is 97.7 cm³/mol. The zero-order chi connectivity index (χ0) is 20.1. The first kappa shape index (κ1) is 19.2. The summed E-state index contributed by atoms with van der Waals surface area (Å²) in [5.41, 5.74) is 0.122. The molecule has 0 aliphatic heterocycles. The molecule has 0 bridgehead atoms. The van der Waals surface area contributed by atoms with Crippen LogP contribution in [0.2, 0.25) is 0 Å². The molecule has 0 spiro atoms. The van der Waals surface area contributed by atoms with Crippen LogP contribution in [0.5, 0.6) is 5.75 Å². The molecule has 0 aliphatic rings. The Morgan fingerprint density at radius 3 is 2.43 bits per heavy atom. The largest absolute Gasteiger partial charge is 0.495 e. The molecule has 3 rings (SSSR count). The Morgan fingerprint density at radius 1 is 1.04 bits per heavy atom. The van der Waals surface area contributed by atoms with Gasteiger partial charge in [0.05, 0.1) is 18.4 Å². The van der Waals surface area contributed by atoms with Crippen LogP contribution in [0.4, 0.5) is 30.4 Å². The number of carbonyl (C=O) groups excluding carboxylic acids is 1. The zero-order valence-electron chi connectivity index (χ0n) is 14.6. The van der Waals surface area contributed by atoms with Crippen LogP contribution in [0, 0.1) is 0 Å². The SMILES string of the molecule is COc1ccccc1Nc1cc(C(=O)Nc2ccc(C(F)(F)F)cc2)ncn1. The molecular weight excluding hydrogens is 373 g/mol. The number of hydrogen-bond donors (Lipinski definition) is 2. The first-order chi connectivity index (χ1) is 13.4. The number of nitrogens with one attached hydrogen (secondary N) is 2. The van der Waals surface area contributed by atoms with E-state index >= 15 is 0 Å². The maximum absolute atomic E-state index is 12.6. The minimum atomic E-state index is -4.44. The van der Waals surface area contributed by atoms with Crippen molar-refractivity contribution in [2.45, 2.75) is 6.18 Å². The molecule has 1 heterocycles. The van der Waals surface area contributed by atoms with Gasteiger partial charge < -0.3 is 15.4 Å². The van der Waals surface area contributed by atoms with E-state index in [2.05, 4.69) is 20.6 Å². The molecule has 0 fully saturated rings. The van der Waals surface area contributed by atoms with Gasteiger partial charge in [0.15, 0.2) is 0 Å². The third kappa shape index (κ3) is 4.56. The normalized spacial score (nSPS) is 11.0. The fourth-order valence-corrected chi connectivity index (χ4v) is 2.37. The van der Waals surface area contributed by atoms with Crippen molar-refractivity contribution >= 4 is 23.1 Å². The van der Waals surface area contributed by atoms with Crippen LogP contribution in [-0.4, -0.2) is 23.0 Å². The number of ether oxygens (including phenoxy) is 1. The van der Waals surface area contributed by atoms with Gasteiger partial charge in [-0.15, -0.1) is 0 Å². The van der Waals surface area contributed by atoms with E-state index in [1.165, 1.54) is 31.6 Å². The van der Waals surface area contributed by atoms with Gasteiger partial charge in [0.2, 0.25) is 0 Å². The summed E-state index contributed by atoms with van der Waals surface area (Å²) in [6.45, 7) is 0. The van der Waals surface area contributed by atoms with Crippen molar-refractivity contribution in [3.8, 4) is 5.75 Å². The number of alkyl halides is 3. The highest BCUT2D eigenvalue weighted by Gasteiger charge is 2.30. The summed E-state index contributed by atoms with van der Waals surface area (Å²) >= 11 is 0. The highest BCUT2D eigenvalue weighted by atomic mass is 19.4. The van der Waals surface area contributed by atoms with Gasteiger partial charge in [-0.25, -0.2) is 9.97 Å². The quantitative estimate of drug-likeness (QED) is 0.673. The molecule has 0 saturated heterocycles. The van der Waals surface area contributed by atoms with Gasteiger partial charge in [0, 0.05) is 11.8 Å². The average molecular weight is 388 g/mol. The number of para-hydroxylation sites is 2. The Bertz CT molecular complexity index is 975. The minimum absolute atomic E-state index is 0.0484. The highest BCUT2D eigenvalue weighted by Crippen LogP contribution is 2.30. The van der Waals surface area contributed by atoms with Gasteiger partial charge >= 0.3 is 6.18 Å². The Hall–Kier alpha value is -3.62. The zero-order valence-corrected chi connectivity index (χ0v) is 14.6. The van der Waals surface area contributed by atoms with Crippen LogP contribution in [0.15, 0.2) is 60.9 Å². The number of nitrogens with zero attached hydrogens (tertiary/aromatic N) is 2. The summed E-state index contributed by atoms with van der Waals surface area (Å²) in [7, 11) is 1.53. The van der Waals surface area contributed by atoms with Crippen LogP contribution in [0.3, 0.4) is 0 Å². The second-order valence-corrected chi connectivity index (χ2v) is 5.64. The molecule has 0 unspecified atom stereocenters. The van der Waals surface area contributed by atoms with Gasteiger partial charge in [-0.1, -0.05) is 12.1 Å². The van der Waals surface area contributed by atoms with Crippen molar-refractivity contribution in [3.05, 3.63) is 72.2 Å². The van der Waals surface area contributed by atoms with E-state index < -0.39 is 17.6 Å². The Labute approximate surface area is 158 Å². The lowest BCUT2D eigenvalue weighted by Gasteiger charge is -2.11. The lowest BCUT2D eigenvalue weighted by Crippen LogP contribution is -2.14. The molecule has 28 heavy (non-hydrogen) atoms. The van der Waals surface area contributed by atoms with Crippen molar-refractivity contribution in [3.63, 3.8) is 0 Å². The van der Waals surface area contributed by atoms with E-state index in [1.54, 1.807) is 12.1 Å². The molecule has 0 atom stereocenters. The van der Waals surface area contributed by atoms with Crippen molar-refractivity contribution in [1.29, 1.82) is 0 Å². The smallest absolute Gasteiger partial charge is 0.416 e. The van der Waals surface area contributed by atoms with E-state index in [-0.39, 0.29) is 11.4 Å². The summed E-state index contributed by atoms with van der Waals surface area (Å²) in [6.07, 6.45) is -3.23. The van der Waals surface area contributed by atoms with Gasteiger partial charge in [-0.3, -0.25) is 4.79 Å². The van der Waals surface area contributed by atoms with Crippen molar-refractivity contribution in [2.75, 3.05) is 17.7 Å². The van der Waals surface area contributed by atoms with Crippen molar-refractivity contribution in [1.82, 2.24) is 9.97 Å². The molecule has 6 nitrogen and oxygen atoms in total. The molecule has 2 N–H and O–H groups in total. The van der Waals surface area contributed by atoms with Gasteiger partial charge in [-0.05, 0) is 36.4 Å². The first-order valence-electron chi connectivity index (χ1n) is 8.07. The van der Waals surface area contributed by atoms with Crippen LogP contribution in [0.25, 0.3) is 0 Å². The molecule has 1 amide bonds. The van der Waals surface area contributed by atoms with Crippen LogP contribution < -0.4 is 15.4 Å². The van der Waals surface area contributed by atoms with E-state index in [0.717, 1.165) is 12.1 Å². The van der Waals surface area contributed by atoms with Crippen LogP contribution in [0.1, 0.15) is 16.1 Å². The number of halogens is 3. The average Bonchev–Trinajstić information content (AvgIpc) is 2.68. The molecule has 0 radical (unpaired) electrons. The minimum Gasteiger partial charge on any atom is -0.495 e. The summed E-state index contributed by atoms with van der Waals surface area (Å²) in [4.78, 5) is 20.3. The highest BCUT2D eigenvalue weighted by molar-refractivity contribution is 6.03. The monoisotopic (exact) mass is 388 g/mol. The third-order valence-corrected chi connectivity index (χ3v) is 3.74. The summed E-state index contributed by atoms with van der Waals surface area (Å²) < 4.78 is 43.1. The molecule has 144 valence electrons. The summed E-state index contributed by atoms with van der Waals surface area (Å²) in [5, 5.41) is 5.53. The molecule has 9 heteroatoms. The van der Waals surface area contributed by atoms with Crippen LogP contribution in [-0.2, 0) is 6.18 Å². The van der Waals surface area contributed by atoms with E-state index in [9.17, 15) is 18.0 Å². The Balaban J connectivity index is 1.73. The number of benzene rings is 2. The number of anilines is 3. The fraction of sp³-hybridized carbons (Fsp3) is 0.105. The predicted octanol–water partition coefficient (Wildman–Crippen LogP) is 4.50. The fourth-order valence-electron chi connectivity index (χ4n) is 2.37. The van der Waals surface area contributed by atoms with Crippen molar-refractivity contribution < 1.29 is 22.7 Å². The number of rotatable bonds is 5. The molecule has 0 aliphatic carbocycles. The van der Waals surface area contributed by atoms with E-state index in [4.69, 9.17) is 4.74 Å². The van der Waals surface area contributed by atoms with Gasteiger partial charge in [0.25, 0.3) is 5.91 Å². The number of methoxy groups -OCH3 is 1. The second-order valence-electron chi connectivity index (χ2n) is 5.64. The first-order valence-corrected chi connectivity index (χ1v) is 8.07. The number of aromatic nitrogens is 2. The summed E-state index contributed by atoms with van der Waals surface area (Å²) in [5.74, 6) is 0.374. The van der Waals surface area contributed by atoms with Gasteiger partial charge in [-0.2, -0.15) is 13.2 Å². The number of amides is 1. The second kappa shape index (κ2) is 7.95. The molecule has 3 aromatic rings. The standard InChI is InChI=1S/C19H15F3N4O2/c1-28-16-5-3-2-4-14(16)26-17-10-15(23-11-24-17)18(27)25-13-8-6-12(7-9-13)19(20,21)22/h2-11H,1H3,(H,25,27)(H,23,24,26).